The van der Waals surface area contributed by atoms with E-state index in [4.69, 9.17) is 9.84 Å². The summed E-state index contributed by atoms with van der Waals surface area (Å²) in [6, 6.07) is 0. The van der Waals surface area contributed by atoms with Gasteiger partial charge in [0.15, 0.2) is 0 Å². The molecule has 0 amide bonds. The highest BCUT2D eigenvalue weighted by Gasteiger charge is 2.51. The molecule has 4 aliphatic rings. The number of carbonyl (C=O) groups is 2. The zero-order valence-corrected chi connectivity index (χ0v) is 12.4. The molecule has 5 nitrogen and oxygen atoms in total. The molecular formula is C14H19FO5S. The summed E-state index contributed by atoms with van der Waals surface area (Å²) in [6.07, 6.45) is 6.21. The number of carboxylic acid groups (broad SMARTS) is 1. The van der Waals surface area contributed by atoms with Crippen molar-refractivity contribution >= 4 is 24.2 Å². The lowest BCUT2D eigenvalue weighted by molar-refractivity contribution is -0.139. The van der Waals surface area contributed by atoms with Crippen molar-refractivity contribution < 1.29 is 28.0 Å². The Labute approximate surface area is 126 Å². The van der Waals surface area contributed by atoms with Gasteiger partial charge in [0.05, 0.1) is 0 Å². The lowest BCUT2D eigenvalue weighted by Gasteiger charge is -2.56. The van der Waals surface area contributed by atoms with Gasteiger partial charge in [-0.25, -0.2) is 14.0 Å². The molecule has 4 saturated carbocycles. The van der Waals surface area contributed by atoms with Gasteiger partial charge < -0.3 is 14.0 Å². The Morgan fingerprint density at radius 2 is 1.71 bits per heavy atom. The van der Waals surface area contributed by atoms with E-state index in [1.165, 1.54) is 19.3 Å². The number of alkyl halides is 1. The van der Waals surface area contributed by atoms with Crippen LogP contribution in [-0.2, 0) is 13.7 Å². The van der Waals surface area contributed by atoms with Crippen LogP contribution in [0.5, 0.6) is 0 Å². The number of hydrogen-bond acceptors (Lipinski definition) is 5. The highest BCUT2D eigenvalue weighted by molar-refractivity contribution is 7.96. The molecule has 4 aliphatic carbocycles. The highest BCUT2D eigenvalue weighted by atomic mass is 32.2. The van der Waals surface area contributed by atoms with Crippen LogP contribution < -0.4 is 0 Å². The van der Waals surface area contributed by atoms with Gasteiger partial charge in [0, 0.05) is 5.41 Å². The number of ether oxygens (including phenoxy) is 1. The number of carbonyl (C=O) groups excluding carboxylic acids is 1. The quantitative estimate of drug-likeness (QED) is 0.619. The second kappa shape index (κ2) is 5.66. The molecule has 0 aliphatic heterocycles. The van der Waals surface area contributed by atoms with Gasteiger partial charge in [-0.2, -0.15) is 0 Å². The minimum absolute atomic E-state index is 0.0312. The van der Waals surface area contributed by atoms with Crippen molar-refractivity contribution in [3.63, 3.8) is 0 Å². The van der Waals surface area contributed by atoms with E-state index in [1.807, 2.05) is 0 Å². The van der Waals surface area contributed by atoms with Crippen molar-refractivity contribution in [3.05, 3.63) is 0 Å². The molecule has 1 N–H and O–H groups in total. The van der Waals surface area contributed by atoms with E-state index >= 15 is 0 Å². The van der Waals surface area contributed by atoms with Gasteiger partial charge >= 0.3 is 12.1 Å². The molecule has 1 unspecified atom stereocenters. The summed E-state index contributed by atoms with van der Waals surface area (Å²) in [7, 11) is 0. The van der Waals surface area contributed by atoms with E-state index < -0.39 is 17.6 Å². The van der Waals surface area contributed by atoms with E-state index in [1.54, 1.807) is 0 Å². The standard InChI is InChI=1S/C14H19FO5S/c15-11(12(16)17)21-20-13(18)19-7-14-4-8-1-9(5-14)3-10(2-8)6-14/h8-11H,1-7H2,(H,16,17). The largest absolute Gasteiger partial charge is 0.520 e. The van der Waals surface area contributed by atoms with Gasteiger partial charge in [-0.05, 0) is 56.3 Å². The molecule has 21 heavy (non-hydrogen) atoms. The van der Waals surface area contributed by atoms with Gasteiger partial charge in [0.25, 0.3) is 5.50 Å². The summed E-state index contributed by atoms with van der Waals surface area (Å²) in [4.78, 5) is 21.7. The van der Waals surface area contributed by atoms with Gasteiger partial charge in [-0.1, -0.05) is 0 Å². The Hall–Kier alpha value is -0.980. The molecule has 0 spiro atoms. The van der Waals surface area contributed by atoms with E-state index in [9.17, 15) is 14.0 Å². The topological polar surface area (TPSA) is 72.8 Å². The minimum Gasteiger partial charge on any atom is -0.478 e. The first-order valence-corrected chi connectivity index (χ1v) is 8.13. The van der Waals surface area contributed by atoms with Gasteiger partial charge in [0.2, 0.25) is 0 Å². The molecule has 0 aromatic rings. The Bertz CT molecular complexity index is 406. The van der Waals surface area contributed by atoms with Crippen molar-refractivity contribution in [1.82, 2.24) is 0 Å². The molecule has 0 aromatic carbocycles. The Balaban J connectivity index is 1.47. The van der Waals surface area contributed by atoms with Crippen LogP contribution in [-0.4, -0.2) is 29.3 Å². The maximum atomic E-state index is 12.8. The Morgan fingerprint density at radius 3 is 2.19 bits per heavy atom. The first kappa shape index (κ1) is 14.9. The smallest absolute Gasteiger partial charge is 0.478 e. The molecule has 1 atom stereocenters. The predicted octanol–water partition coefficient (Wildman–Crippen LogP) is 3.38. The number of carboxylic acids is 1. The van der Waals surface area contributed by atoms with Crippen LogP contribution in [0.3, 0.4) is 0 Å². The molecule has 4 bridgehead atoms. The maximum Gasteiger partial charge on any atom is 0.520 e. The average Bonchev–Trinajstić information content (AvgIpc) is 2.41. The van der Waals surface area contributed by atoms with E-state index in [-0.39, 0.29) is 17.5 Å². The molecular weight excluding hydrogens is 299 g/mol. The maximum absolute atomic E-state index is 12.8. The van der Waals surface area contributed by atoms with Crippen molar-refractivity contribution in [3.8, 4) is 0 Å². The second-order valence-corrected chi connectivity index (χ2v) is 7.56. The lowest BCUT2D eigenvalue weighted by Crippen LogP contribution is -2.48. The van der Waals surface area contributed by atoms with Crippen LogP contribution in [0.2, 0.25) is 0 Å². The molecule has 4 rings (SSSR count). The Morgan fingerprint density at radius 1 is 1.19 bits per heavy atom. The predicted molar refractivity (Wildman–Crippen MR) is 73.2 cm³/mol. The Kier molecular flexibility index (Phi) is 4.03. The summed E-state index contributed by atoms with van der Waals surface area (Å²) in [5.74, 6) is 0.598. The number of rotatable bonds is 5. The van der Waals surface area contributed by atoms with E-state index in [2.05, 4.69) is 4.18 Å². The first-order chi connectivity index (χ1) is 9.96. The highest BCUT2D eigenvalue weighted by Crippen LogP contribution is 2.60. The monoisotopic (exact) mass is 318 g/mol. The number of halogens is 1. The van der Waals surface area contributed by atoms with Gasteiger partial charge in [-0.15, -0.1) is 0 Å². The van der Waals surface area contributed by atoms with Crippen LogP contribution in [0.4, 0.5) is 9.18 Å². The molecule has 118 valence electrons. The average molecular weight is 318 g/mol. The second-order valence-electron chi connectivity index (χ2n) is 6.79. The molecule has 0 radical (unpaired) electrons. The van der Waals surface area contributed by atoms with Gasteiger partial charge in [-0.3, -0.25) is 0 Å². The zero-order valence-electron chi connectivity index (χ0n) is 11.6. The summed E-state index contributed by atoms with van der Waals surface area (Å²) in [6.45, 7) is 0.305. The molecule has 4 fully saturated rings. The van der Waals surface area contributed by atoms with Crippen LogP contribution in [0.1, 0.15) is 38.5 Å². The number of hydrogen-bond donors (Lipinski definition) is 1. The first-order valence-electron chi connectivity index (χ1n) is 7.33. The fraction of sp³-hybridized carbons (Fsp3) is 0.857. The van der Waals surface area contributed by atoms with Crippen LogP contribution >= 0.6 is 12.0 Å². The summed E-state index contributed by atoms with van der Waals surface area (Å²) in [5, 5.41) is 8.35. The summed E-state index contributed by atoms with van der Waals surface area (Å²) < 4.78 is 22.3. The van der Waals surface area contributed by atoms with Crippen molar-refractivity contribution in [2.45, 2.75) is 44.0 Å². The third kappa shape index (κ3) is 3.27. The summed E-state index contributed by atoms with van der Waals surface area (Å²) >= 11 is -0.0312. The van der Waals surface area contributed by atoms with E-state index in [0.29, 0.717) is 6.61 Å². The van der Waals surface area contributed by atoms with E-state index in [0.717, 1.165) is 37.0 Å². The lowest BCUT2D eigenvalue weighted by atomic mass is 9.50. The fourth-order valence-corrected chi connectivity index (χ4v) is 5.12. The molecule has 0 aromatic heterocycles. The third-order valence-corrected chi connectivity index (χ3v) is 5.66. The summed E-state index contributed by atoms with van der Waals surface area (Å²) in [5.41, 5.74) is -2.21. The molecule has 0 saturated heterocycles. The fourth-order valence-electron chi connectivity index (χ4n) is 4.83. The van der Waals surface area contributed by atoms with Crippen LogP contribution in [0, 0.1) is 23.2 Å². The molecule has 7 heteroatoms. The van der Waals surface area contributed by atoms with Crippen LogP contribution in [0.15, 0.2) is 0 Å². The van der Waals surface area contributed by atoms with Crippen molar-refractivity contribution in [2.24, 2.45) is 23.2 Å². The minimum atomic E-state index is -2.28. The normalized spacial score (nSPS) is 38.0. The third-order valence-electron chi connectivity index (χ3n) is 5.06. The van der Waals surface area contributed by atoms with Crippen molar-refractivity contribution in [1.29, 1.82) is 0 Å². The molecule has 0 heterocycles. The van der Waals surface area contributed by atoms with Gasteiger partial charge in [0.1, 0.15) is 18.6 Å². The van der Waals surface area contributed by atoms with Crippen LogP contribution in [0.25, 0.3) is 0 Å². The zero-order chi connectivity index (χ0) is 15.0. The number of aliphatic carboxylic acids is 1. The SMILES string of the molecule is O=C(OCC12CC3CC(CC(C3)C1)C2)OSC(F)C(=O)O. The van der Waals surface area contributed by atoms with Crippen molar-refractivity contribution in [2.75, 3.05) is 6.61 Å².